The predicted molar refractivity (Wildman–Crippen MR) is 66.9 cm³/mol. The van der Waals surface area contributed by atoms with Crippen LogP contribution in [-0.2, 0) is 0 Å². The fourth-order valence-corrected chi connectivity index (χ4v) is 1.47. The molecule has 0 bridgehead atoms. The Labute approximate surface area is 110 Å². The van der Waals surface area contributed by atoms with Gasteiger partial charge in [0.25, 0.3) is 0 Å². The maximum Gasteiger partial charge on any atom is 0.345 e. The Morgan fingerprint density at radius 2 is 2.16 bits per heavy atom. The minimum atomic E-state index is -0.554. The molecule has 0 N–H and O–H groups in total. The fraction of sp³-hybridized carbons (Fsp3) is 0.0714. The Morgan fingerprint density at radius 3 is 2.79 bits per heavy atom. The van der Waals surface area contributed by atoms with Crippen LogP contribution in [0.15, 0.2) is 42.7 Å². The zero-order valence-electron chi connectivity index (χ0n) is 10.2. The standard InChI is InChI=1S/C14H10N2O3/c1-18-12-5-4-10(8-15)7-13(12)19-14(17)11-3-2-6-16-9-11/h2-7,9H,1H3. The number of benzene rings is 1. The van der Waals surface area contributed by atoms with E-state index in [1.807, 2.05) is 6.07 Å². The third-order valence-electron chi connectivity index (χ3n) is 2.39. The number of pyridine rings is 1. The fourth-order valence-electron chi connectivity index (χ4n) is 1.47. The highest BCUT2D eigenvalue weighted by molar-refractivity contribution is 5.91. The van der Waals surface area contributed by atoms with Crippen molar-refractivity contribution in [2.24, 2.45) is 0 Å². The van der Waals surface area contributed by atoms with Crippen LogP contribution in [0.3, 0.4) is 0 Å². The van der Waals surface area contributed by atoms with Crippen LogP contribution >= 0.6 is 0 Å². The van der Waals surface area contributed by atoms with Crippen LogP contribution in [-0.4, -0.2) is 18.1 Å². The van der Waals surface area contributed by atoms with E-state index in [2.05, 4.69) is 4.98 Å². The molecule has 1 heterocycles. The highest BCUT2D eigenvalue weighted by Gasteiger charge is 2.13. The van der Waals surface area contributed by atoms with Gasteiger partial charge < -0.3 is 9.47 Å². The average molecular weight is 254 g/mol. The van der Waals surface area contributed by atoms with Gasteiger partial charge >= 0.3 is 5.97 Å². The zero-order valence-corrected chi connectivity index (χ0v) is 10.2. The molecule has 5 nitrogen and oxygen atoms in total. The topological polar surface area (TPSA) is 72.2 Å². The molecular formula is C14H10N2O3. The van der Waals surface area contributed by atoms with Crippen molar-refractivity contribution < 1.29 is 14.3 Å². The summed E-state index contributed by atoms with van der Waals surface area (Å²) in [5.74, 6) is 0.0353. The van der Waals surface area contributed by atoms with Crippen molar-refractivity contribution in [1.29, 1.82) is 5.26 Å². The van der Waals surface area contributed by atoms with Gasteiger partial charge in [0, 0.05) is 18.5 Å². The zero-order chi connectivity index (χ0) is 13.7. The average Bonchev–Trinajstić information content (AvgIpc) is 2.48. The number of carbonyl (C=O) groups is 1. The molecule has 2 rings (SSSR count). The smallest absolute Gasteiger partial charge is 0.345 e. The molecule has 0 atom stereocenters. The molecule has 0 saturated heterocycles. The molecule has 1 aromatic heterocycles. The summed E-state index contributed by atoms with van der Waals surface area (Å²) in [4.78, 5) is 15.7. The lowest BCUT2D eigenvalue weighted by molar-refractivity contribution is 0.0729. The molecule has 0 saturated carbocycles. The summed E-state index contributed by atoms with van der Waals surface area (Å²) in [6.45, 7) is 0. The maximum absolute atomic E-state index is 11.9. The molecule has 0 spiro atoms. The Kier molecular flexibility index (Phi) is 3.74. The number of aromatic nitrogens is 1. The summed E-state index contributed by atoms with van der Waals surface area (Å²) >= 11 is 0. The molecule has 0 radical (unpaired) electrons. The molecule has 0 aliphatic rings. The quantitative estimate of drug-likeness (QED) is 0.620. The van der Waals surface area contributed by atoms with Crippen LogP contribution in [0.1, 0.15) is 15.9 Å². The molecule has 2 aromatic rings. The second kappa shape index (κ2) is 5.65. The van der Waals surface area contributed by atoms with E-state index in [0.717, 1.165) is 0 Å². The summed E-state index contributed by atoms with van der Waals surface area (Å²) in [7, 11) is 1.46. The van der Waals surface area contributed by atoms with E-state index in [-0.39, 0.29) is 5.75 Å². The van der Waals surface area contributed by atoms with Crippen molar-refractivity contribution in [3.8, 4) is 17.6 Å². The van der Waals surface area contributed by atoms with Crippen LogP contribution in [0.2, 0.25) is 0 Å². The minimum Gasteiger partial charge on any atom is -0.493 e. The van der Waals surface area contributed by atoms with Gasteiger partial charge in [-0.3, -0.25) is 4.98 Å². The monoisotopic (exact) mass is 254 g/mol. The van der Waals surface area contributed by atoms with Crippen LogP contribution in [0, 0.1) is 11.3 Å². The van der Waals surface area contributed by atoms with Gasteiger partial charge in [0.1, 0.15) is 0 Å². The number of hydrogen-bond donors (Lipinski definition) is 0. The van der Waals surface area contributed by atoms with E-state index in [9.17, 15) is 4.79 Å². The summed E-state index contributed by atoms with van der Waals surface area (Å²) in [6.07, 6.45) is 2.97. The third-order valence-corrected chi connectivity index (χ3v) is 2.39. The van der Waals surface area contributed by atoms with E-state index >= 15 is 0 Å². The summed E-state index contributed by atoms with van der Waals surface area (Å²) in [6, 6.07) is 9.81. The van der Waals surface area contributed by atoms with Crippen LogP contribution in [0.4, 0.5) is 0 Å². The summed E-state index contributed by atoms with van der Waals surface area (Å²) in [5, 5.41) is 8.84. The number of methoxy groups -OCH3 is 1. The molecule has 0 amide bonds. The van der Waals surface area contributed by atoms with Crippen molar-refractivity contribution in [1.82, 2.24) is 4.98 Å². The van der Waals surface area contributed by atoms with Gasteiger partial charge in [0.2, 0.25) is 0 Å². The molecule has 94 valence electrons. The second-order valence-electron chi connectivity index (χ2n) is 3.61. The Balaban J connectivity index is 2.28. The number of hydrogen-bond acceptors (Lipinski definition) is 5. The first-order valence-corrected chi connectivity index (χ1v) is 5.45. The van der Waals surface area contributed by atoms with Crippen molar-refractivity contribution >= 4 is 5.97 Å². The number of nitriles is 1. The molecule has 1 aromatic carbocycles. The van der Waals surface area contributed by atoms with Crippen LogP contribution in [0.5, 0.6) is 11.5 Å². The molecular weight excluding hydrogens is 244 g/mol. The van der Waals surface area contributed by atoms with Gasteiger partial charge in [-0.2, -0.15) is 5.26 Å². The number of ether oxygens (including phenoxy) is 2. The molecule has 19 heavy (non-hydrogen) atoms. The summed E-state index contributed by atoms with van der Waals surface area (Å²) in [5.41, 5.74) is 0.710. The van der Waals surface area contributed by atoms with Gasteiger partial charge in [0.15, 0.2) is 11.5 Å². The van der Waals surface area contributed by atoms with Crippen molar-refractivity contribution in [3.05, 3.63) is 53.9 Å². The predicted octanol–water partition coefficient (Wildman–Crippen LogP) is 2.18. The van der Waals surface area contributed by atoms with Crippen molar-refractivity contribution in [2.45, 2.75) is 0 Å². The Bertz CT molecular complexity index is 633. The van der Waals surface area contributed by atoms with E-state index in [4.69, 9.17) is 14.7 Å². The molecule has 0 aliphatic carbocycles. The maximum atomic E-state index is 11.9. The van der Waals surface area contributed by atoms with E-state index in [0.29, 0.717) is 16.9 Å². The highest BCUT2D eigenvalue weighted by atomic mass is 16.6. The van der Waals surface area contributed by atoms with Gasteiger partial charge in [-0.15, -0.1) is 0 Å². The molecule has 0 aliphatic heterocycles. The number of nitrogens with zero attached hydrogens (tertiary/aromatic N) is 2. The lowest BCUT2D eigenvalue weighted by Crippen LogP contribution is -2.09. The van der Waals surface area contributed by atoms with Crippen LogP contribution < -0.4 is 9.47 Å². The first-order chi connectivity index (χ1) is 9.24. The van der Waals surface area contributed by atoms with E-state index in [1.54, 1.807) is 30.5 Å². The Morgan fingerprint density at radius 1 is 1.32 bits per heavy atom. The largest absolute Gasteiger partial charge is 0.493 e. The summed E-state index contributed by atoms with van der Waals surface area (Å²) < 4.78 is 10.3. The number of rotatable bonds is 3. The van der Waals surface area contributed by atoms with Gasteiger partial charge in [-0.05, 0) is 24.3 Å². The lowest BCUT2D eigenvalue weighted by Gasteiger charge is -2.09. The Hall–Kier alpha value is -2.87. The van der Waals surface area contributed by atoms with Gasteiger partial charge in [-0.1, -0.05) is 0 Å². The molecule has 5 heteroatoms. The van der Waals surface area contributed by atoms with Crippen molar-refractivity contribution in [3.63, 3.8) is 0 Å². The molecule has 0 fully saturated rings. The first kappa shape index (κ1) is 12.6. The lowest BCUT2D eigenvalue weighted by atomic mass is 10.2. The second-order valence-corrected chi connectivity index (χ2v) is 3.61. The van der Waals surface area contributed by atoms with Gasteiger partial charge in [0.05, 0.1) is 24.3 Å². The highest BCUT2D eigenvalue weighted by Crippen LogP contribution is 2.28. The number of carbonyl (C=O) groups excluding carboxylic acids is 1. The van der Waals surface area contributed by atoms with E-state index in [1.165, 1.54) is 19.4 Å². The first-order valence-electron chi connectivity index (χ1n) is 5.45. The normalized spacial score (nSPS) is 9.47. The minimum absolute atomic E-state index is 0.204. The van der Waals surface area contributed by atoms with Crippen molar-refractivity contribution in [2.75, 3.05) is 7.11 Å². The van der Waals surface area contributed by atoms with Gasteiger partial charge in [-0.25, -0.2) is 4.79 Å². The van der Waals surface area contributed by atoms with E-state index < -0.39 is 5.97 Å². The SMILES string of the molecule is COc1ccc(C#N)cc1OC(=O)c1cccnc1. The molecule has 0 unspecified atom stereocenters. The van der Waals surface area contributed by atoms with Crippen LogP contribution in [0.25, 0.3) is 0 Å². The number of esters is 1. The third kappa shape index (κ3) is 2.87.